The molecule has 0 saturated heterocycles. The third-order valence-corrected chi connectivity index (χ3v) is 3.28. The van der Waals surface area contributed by atoms with Crippen molar-refractivity contribution in [1.29, 1.82) is 0 Å². The van der Waals surface area contributed by atoms with Crippen LogP contribution in [0.4, 0.5) is 0 Å². The fourth-order valence-electron chi connectivity index (χ4n) is 2.34. The lowest BCUT2D eigenvalue weighted by Gasteiger charge is -2.30. The average Bonchev–Trinajstić information content (AvgIpc) is 2.30. The SMILES string of the molecule is Cc1cccc(OC2CCCCC2CN)n1. The second kappa shape index (κ2) is 5.30. The summed E-state index contributed by atoms with van der Waals surface area (Å²) in [4.78, 5) is 4.37. The number of rotatable bonds is 3. The number of pyridine rings is 1. The van der Waals surface area contributed by atoms with Gasteiger partial charge < -0.3 is 10.5 Å². The van der Waals surface area contributed by atoms with E-state index in [9.17, 15) is 0 Å². The molecule has 1 aliphatic carbocycles. The Hall–Kier alpha value is -1.09. The summed E-state index contributed by atoms with van der Waals surface area (Å²) in [6.45, 7) is 2.70. The zero-order valence-corrected chi connectivity index (χ0v) is 9.86. The molecule has 0 spiro atoms. The largest absolute Gasteiger partial charge is 0.474 e. The van der Waals surface area contributed by atoms with E-state index in [1.165, 1.54) is 19.3 Å². The molecular formula is C13H20N2O. The fourth-order valence-corrected chi connectivity index (χ4v) is 2.34. The monoisotopic (exact) mass is 220 g/mol. The molecule has 88 valence electrons. The van der Waals surface area contributed by atoms with Crippen LogP contribution in [0.1, 0.15) is 31.4 Å². The van der Waals surface area contributed by atoms with Gasteiger partial charge in [-0.2, -0.15) is 0 Å². The standard InChI is InChI=1S/C13H20N2O/c1-10-5-4-8-13(15-10)16-12-7-3-2-6-11(12)9-14/h4-5,8,11-12H,2-3,6-7,9,14H2,1H3. The Balaban J connectivity index is 2.02. The Morgan fingerprint density at radius 1 is 1.38 bits per heavy atom. The highest BCUT2D eigenvalue weighted by Gasteiger charge is 2.25. The van der Waals surface area contributed by atoms with Crippen molar-refractivity contribution >= 4 is 0 Å². The highest BCUT2D eigenvalue weighted by Crippen LogP contribution is 2.27. The van der Waals surface area contributed by atoms with Crippen LogP contribution in [0.2, 0.25) is 0 Å². The highest BCUT2D eigenvalue weighted by atomic mass is 16.5. The van der Waals surface area contributed by atoms with E-state index in [0.29, 0.717) is 5.92 Å². The van der Waals surface area contributed by atoms with Crippen molar-refractivity contribution in [1.82, 2.24) is 4.98 Å². The predicted octanol–water partition coefficient (Wildman–Crippen LogP) is 2.29. The van der Waals surface area contributed by atoms with Crippen LogP contribution >= 0.6 is 0 Å². The van der Waals surface area contributed by atoms with Gasteiger partial charge in [0.2, 0.25) is 5.88 Å². The minimum Gasteiger partial charge on any atom is -0.474 e. The maximum atomic E-state index is 5.95. The molecule has 0 aliphatic heterocycles. The predicted molar refractivity (Wildman–Crippen MR) is 64.4 cm³/mol. The van der Waals surface area contributed by atoms with Gasteiger partial charge >= 0.3 is 0 Å². The third kappa shape index (κ3) is 2.73. The van der Waals surface area contributed by atoms with Crippen LogP contribution in [0, 0.1) is 12.8 Å². The molecule has 1 aromatic rings. The van der Waals surface area contributed by atoms with Crippen LogP contribution in [0.5, 0.6) is 5.88 Å². The summed E-state index contributed by atoms with van der Waals surface area (Å²) in [6.07, 6.45) is 5.08. The van der Waals surface area contributed by atoms with E-state index in [4.69, 9.17) is 10.5 Å². The molecule has 3 heteroatoms. The smallest absolute Gasteiger partial charge is 0.213 e. The van der Waals surface area contributed by atoms with Gasteiger partial charge in [-0.25, -0.2) is 4.98 Å². The lowest BCUT2D eigenvalue weighted by Crippen LogP contribution is -2.35. The number of hydrogen-bond acceptors (Lipinski definition) is 3. The van der Waals surface area contributed by atoms with E-state index in [1.54, 1.807) is 0 Å². The van der Waals surface area contributed by atoms with Gasteiger partial charge in [-0.3, -0.25) is 0 Å². The quantitative estimate of drug-likeness (QED) is 0.850. The molecule has 0 radical (unpaired) electrons. The molecule has 2 N–H and O–H groups in total. The minimum absolute atomic E-state index is 0.257. The van der Waals surface area contributed by atoms with Gasteiger partial charge in [0, 0.05) is 17.7 Å². The second-order valence-corrected chi connectivity index (χ2v) is 4.55. The number of aromatic nitrogens is 1. The summed E-state index contributed by atoms with van der Waals surface area (Å²) in [7, 11) is 0. The van der Waals surface area contributed by atoms with E-state index in [2.05, 4.69) is 4.98 Å². The molecular weight excluding hydrogens is 200 g/mol. The molecule has 2 atom stereocenters. The number of hydrogen-bond donors (Lipinski definition) is 1. The van der Waals surface area contributed by atoms with Crippen molar-refractivity contribution < 1.29 is 4.74 Å². The Morgan fingerprint density at radius 2 is 2.19 bits per heavy atom. The second-order valence-electron chi connectivity index (χ2n) is 4.55. The van der Waals surface area contributed by atoms with E-state index < -0.39 is 0 Å². The lowest BCUT2D eigenvalue weighted by atomic mass is 9.86. The zero-order chi connectivity index (χ0) is 11.4. The summed E-state index contributed by atoms with van der Waals surface area (Å²) in [6, 6.07) is 5.89. The Labute approximate surface area is 97.0 Å². The molecule has 2 unspecified atom stereocenters. The fraction of sp³-hybridized carbons (Fsp3) is 0.615. The van der Waals surface area contributed by atoms with Crippen LogP contribution in [0.3, 0.4) is 0 Å². The molecule has 0 bridgehead atoms. The first-order chi connectivity index (χ1) is 7.79. The zero-order valence-electron chi connectivity index (χ0n) is 9.86. The first kappa shape index (κ1) is 11.4. The average molecular weight is 220 g/mol. The number of ether oxygens (including phenoxy) is 1. The van der Waals surface area contributed by atoms with Gasteiger partial charge in [-0.05, 0) is 38.8 Å². The highest BCUT2D eigenvalue weighted by molar-refractivity contribution is 5.15. The summed E-state index contributed by atoms with van der Waals surface area (Å²) in [5, 5.41) is 0. The lowest BCUT2D eigenvalue weighted by molar-refractivity contribution is 0.0921. The molecule has 0 amide bonds. The van der Waals surface area contributed by atoms with Gasteiger partial charge in [-0.15, -0.1) is 0 Å². The van der Waals surface area contributed by atoms with Crippen LogP contribution in [-0.4, -0.2) is 17.6 Å². The van der Waals surface area contributed by atoms with Crippen molar-refractivity contribution in [3.63, 3.8) is 0 Å². The van der Waals surface area contributed by atoms with Gasteiger partial charge in [0.15, 0.2) is 0 Å². The van der Waals surface area contributed by atoms with Crippen LogP contribution < -0.4 is 10.5 Å². The van der Waals surface area contributed by atoms with Gasteiger partial charge in [0.1, 0.15) is 6.10 Å². The first-order valence-electron chi connectivity index (χ1n) is 6.10. The topological polar surface area (TPSA) is 48.1 Å². The molecule has 1 fully saturated rings. The normalized spacial score (nSPS) is 25.4. The number of aryl methyl sites for hydroxylation is 1. The maximum Gasteiger partial charge on any atom is 0.213 e. The molecule has 1 aliphatic rings. The number of nitrogens with zero attached hydrogens (tertiary/aromatic N) is 1. The van der Waals surface area contributed by atoms with E-state index in [1.807, 2.05) is 25.1 Å². The summed E-state index contributed by atoms with van der Waals surface area (Å²) < 4.78 is 5.95. The van der Waals surface area contributed by atoms with Crippen molar-refractivity contribution in [2.75, 3.05) is 6.54 Å². The van der Waals surface area contributed by atoms with E-state index >= 15 is 0 Å². The molecule has 0 aromatic carbocycles. The number of nitrogens with two attached hydrogens (primary N) is 1. The van der Waals surface area contributed by atoms with Crippen molar-refractivity contribution in [2.24, 2.45) is 11.7 Å². The molecule has 3 nitrogen and oxygen atoms in total. The summed E-state index contributed by atoms with van der Waals surface area (Å²) in [5.41, 5.74) is 6.77. The van der Waals surface area contributed by atoms with Crippen LogP contribution in [-0.2, 0) is 0 Å². The Bertz CT molecular complexity index is 340. The third-order valence-electron chi connectivity index (χ3n) is 3.28. The van der Waals surface area contributed by atoms with Crippen molar-refractivity contribution in [2.45, 2.75) is 38.7 Å². The van der Waals surface area contributed by atoms with Crippen LogP contribution in [0.25, 0.3) is 0 Å². The molecule has 2 rings (SSSR count). The van der Waals surface area contributed by atoms with E-state index in [0.717, 1.165) is 24.5 Å². The van der Waals surface area contributed by atoms with Crippen LogP contribution in [0.15, 0.2) is 18.2 Å². The molecule has 1 aromatic heterocycles. The van der Waals surface area contributed by atoms with Crippen molar-refractivity contribution in [3.05, 3.63) is 23.9 Å². The summed E-state index contributed by atoms with van der Waals surface area (Å²) >= 11 is 0. The van der Waals surface area contributed by atoms with Crippen molar-refractivity contribution in [3.8, 4) is 5.88 Å². The van der Waals surface area contributed by atoms with E-state index in [-0.39, 0.29) is 6.10 Å². The molecule has 1 saturated carbocycles. The van der Waals surface area contributed by atoms with Gasteiger partial charge in [0.25, 0.3) is 0 Å². The van der Waals surface area contributed by atoms with Gasteiger partial charge in [-0.1, -0.05) is 12.5 Å². The molecule has 16 heavy (non-hydrogen) atoms. The first-order valence-corrected chi connectivity index (χ1v) is 6.10. The molecule has 1 heterocycles. The van der Waals surface area contributed by atoms with Gasteiger partial charge in [0.05, 0.1) is 0 Å². The summed E-state index contributed by atoms with van der Waals surface area (Å²) in [5.74, 6) is 1.24. The minimum atomic E-state index is 0.257. The Kier molecular flexibility index (Phi) is 3.78. The maximum absolute atomic E-state index is 5.95. The Morgan fingerprint density at radius 3 is 2.94 bits per heavy atom.